The molecule has 0 radical (unpaired) electrons. The van der Waals surface area contributed by atoms with Crippen LogP contribution < -0.4 is 11.1 Å². The fourth-order valence-electron chi connectivity index (χ4n) is 2.95. The molecule has 3 N–H and O–H groups in total. The van der Waals surface area contributed by atoms with Crippen LogP contribution in [0.25, 0.3) is 22.2 Å². The van der Waals surface area contributed by atoms with Crippen molar-refractivity contribution in [2.45, 2.75) is 12.2 Å². The van der Waals surface area contributed by atoms with Gasteiger partial charge in [-0.2, -0.15) is 13.2 Å². The lowest BCUT2D eigenvalue weighted by atomic mass is 10.1. The topological polar surface area (TPSA) is 89.9 Å². The van der Waals surface area contributed by atoms with Crippen LogP contribution in [0.3, 0.4) is 0 Å². The molecule has 29 heavy (non-hydrogen) atoms. The molecule has 0 aliphatic rings. The van der Waals surface area contributed by atoms with Crippen molar-refractivity contribution in [1.29, 1.82) is 0 Å². The third kappa shape index (κ3) is 4.04. The molecule has 2 heterocycles. The zero-order valence-electron chi connectivity index (χ0n) is 15.0. The molecule has 0 saturated heterocycles. The van der Waals surface area contributed by atoms with Gasteiger partial charge in [0.15, 0.2) is 11.3 Å². The number of alkyl halides is 3. The second-order valence-corrected chi connectivity index (χ2v) is 6.43. The average Bonchev–Trinajstić information content (AvgIpc) is 3.16. The largest absolute Gasteiger partial charge is 0.437 e. The molecule has 1 atom stereocenters. The van der Waals surface area contributed by atoms with Crippen molar-refractivity contribution in [3.05, 3.63) is 72.2 Å². The van der Waals surface area contributed by atoms with Crippen LogP contribution in [0, 0.1) is 0 Å². The number of nitrogens with two attached hydrogens (primary N) is 1. The molecule has 0 unspecified atom stereocenters. The lowest BCUT2D eigenvalue weighted by molar-refractivity contribution is -0.141. The highest BCUT2D eigenvalue weighted by atomic mass is 19.4. The molecular formula is C20H16F3N5O. The Kier molecular flexibility index (Phi) is 4.89. The lowest BCUT2D eigenvalue weighted by Gasteiger charge is -2.13. The number of fused-ring (bicyclic) bond motifs is 1. The second kappa shape index (κ2) is 7.51. The van der Waals surface area contributed by atoms with E-state index in [2.05, 4.69) is 20.4 Å². The SMILES string of the molecule is N[C@@H](CNc1cc(-c2ccc3c(C(F)(F)F)noc3c2)ncn1)c1ccccc1. The third-order valence-corrected chi connectivity index (χ3v) is 4.43. The Labute approximate surface area is 163 Å². The third-order valence-electron chi connectivity index (χ3n) is 4.43. The highest BCUT2D eigenvalue weighted by Gasteiger charge is 2.37. The molecule has 9 heteroatoms. The van der Waals surface area contributed by atoms with Crippen molar-refractivity contribution in [2.24, 2.45) is 5.73 Å². The summed E-state index contributed by atoms with van der Waals surface area (Å²) in [5.41, 5.74) is 7.27. The summed E-state index contributed by atoms with van der Waals surface area (Å²) in [6, 6.07) is 15.5. The first-order valence-electron chi connectivity index (χ1n) is 8.75. The fourth-order valence-corrected chi connectivity index (χ4v) is 2.95. The van der Waals surface area contributed by atoms with Gasteiger partial charge in [0.2, 0.25) is 0 Å². The second-order valence-electron chi connectivity index (χ2n) is 6.43. The summed E-state index contributed by atoms with van der Waals surface area (Å²) in [7, 11) is 0. The van der Waals surface area contributed by atoms with Crippen LogP contribution in [0.5, 0.6) is 0 Å². The summed E-state index contributed by atoms with van der Waals surface area (Å²) in [6.07, 6.45) is -3.20. The van der Waals surface area contributed by atoms with Gasteiger partial charge in [0.25, 0.3) is 0 Å². The highest BCUT2D eigenvalue weighted by Crippen LogP contribution is 2.35. The van der Waals surface area contributed by atoms with Gasteiger partial charge < -0.3 is 15.6 Å². The number of hydrogen-bond donors (Lipinski definition) is 2. The molecule has 0 spiro atoms. The van der Waals surface area contributed by atoms with E-state index in [4.69, 9.17) is 10.3 Å². The minimum atomic E-state index is -4.57. The maximum absolute atomic E-state index is 12.9. The van der Waals surface area contributed by atoms with Gasteiger partial charge in [0.05, 0.1) is 11.1 Å². The summed E-state index contributed by atoms with van der Waals surface area (Å²) in [4.78, 5) is 8.36. The quantitative estimate of drug-likeness (QED) is 0.517. The summed E-state index contributed by atoms with van der Waals surface area (Å²) >= 11 is 0. The van der Waals surface area contributed by atoms with E-state index in [1.165, 1.54) is 24.5 Å². The minimum Gasteiger partial charge on any atom is -0.368 e. The molecule has 4 aromatic rings. The van der Waals surface area contributed by atoms with Crippen LogP contribution in [0.2, 0.25) is 0 Å². The van der Waals surface area contributed by atoms with E-state index in [9.17, 15) is 13.2 Å². The highest BCUT2D eigenvalue weighted by molar-refractivity contribution is 5.84. The predicted molar refractivity (Wildman–Crippen MR) is 102 cm³/mol. The number of benzene rings is 2. The average molecular weight is 399 g/mol. The molecule has 6 nitrogen and oxygen atoms in total. The standard InChI is InChI=1S/C20H16F3N5O/c21-20(22,23)19-14-7-6-13(8-17(14)29-28-19)16-9-18(27-11-26-16)25-10-15(24)12-4-2-1-3-5-12/h1-9,11,15H,10,24H2,(H,25,26,27)/t15-/m0/s1. The van der Waals surface area contributed by atoms with Crippen LogP contribution in [0.4, 0.5) is 19.0 Å². The van der Waals surface area contributed by atoms with Gasteiger partial charge in [-0.1, -0.05) is 41.6 Å². The normalized spacial score (nSPS) is 12.8. The van der Waals surface area contributed by atoms with Crippen molar-refractivity contribution in [1.82, 2.24) is 15.1 Å². The predicted octanol–water partition coefficient (Wildman–Crippen LogP) is 4.42. The maximum atomic E-state index is 12.9. The summed E-state index contributed by atoms with van der Waals surface area (Å²) < 4.78 is 43.7. The Morgan fingerprint density at radius 1 is 1.03 bits per heavy atom. The van der Waals surface area contributed by atoms with Gasteiger partial charge in [0.1, 0.15) is 12.1 Å². The van der Waals surface area contributed by atoms with Crippen molar-refractivity contribution in [2.75, 3.05) is 11.9 Å². The summed E-state index contributed by atoms with van der Waals surface area (Å²) in [5, 5.41) is 6.20. The fraction of sp³-hybridized carbons (Fsp3) is 0.150. The van der Waals surface area contributed by atoms with E-state index in [0.717, 1.165) is 5.56 Å². The lowest BCUT2D eigenvalue weighted by Crippen LogP contribution is -2.20. The van der Waals surface area contributed by atoms with Crippen LogP contribution in [-0.4, -0.2) is 21.7 Å². The molecule has 0 amide bonds. The van der Waals surface area contributed by atoms with Crippen molar-refractivity contribution >= 4 is 16.8 Å². The zero-order valence-corrected chi connectivity index (χ0v) is 15.0. The maximum Gasteiger partial charge on any atom is 0.437 e. The monoisotopic (exact) mass is 399 g/mol. The first-order valence-corrected chi connectivity index (χ1v) is 8.75. The van der Waals surface area contributed by atoms with Crippen LogP contribution >= 0.6 is 0 Å². The van der Waals surface area contributed by atoms with Crippen LogP contribution in [-0.2, 0) is 6.18 Å². The van der Waals surface area contributed by atoms with E-state index in [1.807, 2.05) is 30.3 Å². The Bertz CT molecular complexity index is 1130. The summed E-state index contributed by atoms with van der Waals surface area (Å²) in [5.74, 6) is 0.551. The molecule has 148 valence electrons. The number of nitrogens with zero attached hydrogens (tertiary/aromatic N) is 3. The first kappa shape index (κ1) is 18.9. The van der Waals surface area contributed by atoms with E-state index in [0.29, 0.717) is 23.6 Å². The molecule has 0 fully saturated rings. The minimum absolute atomic E-state index is 0.0362. The van der Waals surface area contributed by atoms with Crippen molar-refractivity contribution < 1.29 is 17.7 Å². The molecule has 2 aromatic heterocycles. The number of aromatic nitrogens is 3. The van der Waals surface area contributed by atoms with E-state index in [1.54, 1.807) is 6.07 Å². The zero-order chi connectivity index (χ0) is 20.4. The van der Waals surface area contributed by atoms with Crippen molar-refractivity contribution in [3.8, 4) is 11.3 Å². The Morgan fingerprint density at radius 3 is 2.59 bits per heavy atom. The van der Waals surface area contributed by atoms with Crippen molar-refractivity contribution in [3.63, 3.8) is 0 Å². The first-order chi connectivity index (χ1) is 13.9. The van der Waals surface area contributed by atoms with Crippen LogP contribution in [0.1, 0.15) is 17.3 Å². The molecule has 0 bridgehead atoms. The van der Waals surface area contributed by atoms with E-state index < -0.39 is 11.9 Å². The van der Waals surface area contributed by atoms with Gasteiger partial charge in [-0.25, -0.2) is 9.97 Å². The Balaban J connectivity index is 1.54. The number of halogens is 3. The number of nitrogens with one attached hydrogen (secondary N) is 1. The van der Waals surface area contributed by atoms with E-state index >= 15 is 0 Å². The van der Waals surface area contributed by atoms with Gasteiger partial charge in [-0.05, 0) is 17.7 Å². The number of anilines is 1. The van der Waals surface area contributed by atoms with Gasteiger partial charge in [0, 0.05) is 24.2 Å². The molecular weight excluding hydrogens is 383 g/mol. The molecule has 4 rings (SSSR count). The molecule has 0 aliphatic carbocycles. The van der Waals surface area contributed by atoms with Gasteiger partial charge in [-0.15, -0.1) is 0 Å². The molecule has 2 aromatic carbocycles. The summed E-state index contributed by atoms with van der Waals surface area (Å²) in [6.45, 7) is 0.455. The van der Waals surface area contributed by atoms with Crippen LogP contribution in [0.15, 0.2) is 65.4 Å². The van der Waals surface area contributed by atoms with Gasteiger partial charge >= 0.3 is 6.18 Å². The smallest absolute Gasteiger partial charge is 0.368 e. The number of rotatable bonds is 5. The van der Waals surface area contributed by atoms with Gasteiger partial charge in [-0.3, -0.25) is 0 Å². The molecule has 0 saturated carbocycles. The van der Waals surface area contributed by atoms with E-state index in [-0.39, 0.29) is 17.0 Å². The molecule has 0 aliphatic heterocycles. The number of hydrogen-bond acceptors (Lipinski definition) is 6. The Hall–Kier alpha value is -3.46. The Morgan fingerprint density at radius 2 is 1.83 bits per heavy atom.